The Morgan fingerprint density at radius 2 is 1.78 bits per heavy atom. The average molecular weight is 248 g/mol. The maximum atomic E-state index is 11.6. The first-order valence-corrected chi connectivity index (χ1v) is 6.70. The number of ether oxygens (including phenoxy) is 2. The quantitative estimate of drug-likeness (QED) is 0.593. The molecule has 0 unspecified atom stereocenters. The van der Waals surface area contributed by atoms with Crippen molar-refractivity contribution in [2.24, 2.45) is 0 Å². The number of hydrogen-bond acceptors (Lipinski definition) is 3. The molecule has 0 spiro atoms. The molecular weight excluding hydrogens is 228 g/mol. The Balaban J connectivity index is 1.62. The van der Waals surface area contributed by atoms with Gasteiger partial charge in [-0.2, -0.15) is 0 Å². The molecule has 1 fully saturated rings. The van der Waals surface area contributed by atoms with Gasteiger partial charge in [-0.05, 0) is 25.0 Å². The maximum absolute atomic E-state index is 11.6. The minimum absolute atomic E-state index is 0.275. The van der Waals surface area contributed by atoms with Crippen LogP contribution in [0, 0.1) is 0 Å². The Kier molecular flexibility index (Phi) is 5.21. The molecule has 98 valence electrons. The minimum Gasteiger partial charge on any atom is -0.460 e. The molecule has 1 saturated carbocycles. The van der Waals surface area contributed by atoms with Crippen LogP contribution >= 0.6 is 0 Å². The van der Waals surface area contributed by atoms with Crippen LogP contribution in [0.5, 0.6) is 0 Å². The summed E-state index contributed by atoms with van der Waals surface area (Å²) in [5.41, 5.74) is 0.593. The molecule has 0 aliphatic heterocycles. The lowest BCUT2D eigenvalue weighted by Crippen LogP contribution is -2.20. The fourth-order valence-corrected chi connectivity index (χ4v) is 2.24. The third kappa shape index (κ3) is 4.15. The van der Waals surface area contributed by atoms with Gasteiger partial charge in [0.25, 0.3) is 0 Å². The van der Waals surface area contributed by atoms with Gasteiger partial charge in [-0.15, -0.1) is 0 Å². The van der Waals surface area contributed by atoms with E-state index in [9.17, 15) is 4.79 Å². The van der Waals surface area contributed by atoms with Crippen LogP contribution < -0.4 is 0 Å². The number of rotatable bonds is 5. The topological polar surface area (TPSA) is 35.5 Å². The Labute approximate surface area is 108 Å². The first-order chi connectivity index (χ1) is 8.86. The first kappa shape index (κ1) is 13.1. The Hall–Kier alpha value is -1.35. The second-order valence-corrected chi connectivity index (χ2v) is 4.63. The van der Waals surface area contributed by atoms with Gasteiger partial charge in [0.2, 0.25) is 0 Å². The summed E-state index contributed by atoms with van der Waals surface area (Å²) in [4.78, 5) is 11.6. The van der Waals surface area contributed by atoms with Crippen molar-refractivity contribution in [1.29, 1.82) is 0 Å². The SMILES string of the molecule is O=C(OCCOC1CCCCC1)c1ccccc1. The van der Waals surface area contributed by atoms with E-state index in [-0.39, 0.29) is 5.97 Å². The molecule has 0 heterocycles. The van der Waals surface area contributed by atoms with Gasteiger partial charge in [-0.25, -0.2) is 4.79 Å². The Morgan fingerprint density at radius 1 is 1.06 bits per heavy atom. The van der Waals surface area contributed by atoms with E-state index in [2.05, 4.69) is 0 Å². The van der Waals surface area contributed by atoms with Gasteiger partial charge in [0.05, 0.1) is 18.3 Å². The smallest absolute Gasteiger partial charge is 0.338 e. The fraction of sp³-hybridized carbons (Fsp3) is 0.533. The number of esters is 1. The average Bonchev–Trinajstić information content (AvgIpc) is 2.45. The van der Waals surface area contributed by atoms with E-state index in [0.29, 0.717) is 24.9 Å². The molecular formula is C15H20O3. The van der Waals surface area contributed by atoms with Crippen molar-refractivity contribution < 1.29 is 14.3 Å². The van der Waals surface area contributed by atoms with Crippen LogP contribution in [0.4, 0.5) is 0 Å². The molecule has 2 rings (SSSR count). The maximum Gasteiger partial charge on any atom is 0.338 e. The van der Waals surface area contributed by atoms with Crippen molar-refractivity contribution in [2.75, 3.05) is 13.2 Å². The van der Waals surface area contributed by atoms with E-state index in [0.717, 1.165) is 12.8 Å². The van der Waals surface area contributed by atoms with Gasteiger partial charge in [-0.3, -0.25) is 0 Å². The van der Waals surface area contributed by atoms with Gasteiger partial charge in [-0.1, -0.05) is 37.5 Å². The highest BCUT2D eigenvalue weighted by Crippen LogP contribution is 2.19. The summed E-state index contributed by atoms with van der Waals surface area (Å²) in [7, 11) is 0. The second kappa shape index (κ2) is 7.17. The highest BCUT2D eigenvalue weighted by atomic mass is 16.6. The highest BCUT2D eigenvalue weighted by Gasteiger charge is 2.13. The molecule has 1 aliphatic rings. The number of carbonyl (C=O) groups is 1. The lowest BCUT2D eigenvalue weighted by molar-refractivity contribution is -0.00505. The summed E-state index contributed by atoms with van der Waals surface area (Å²) in [5.74, 6) is -0.275. The van der Waals surface area contributed by atoms with E-state index in [4.69, 9.17) is 9.47 Å². The van der Waals surface area contributed by atoms with E-state index in [1.165, 1.54) is 19.3 Å². The molecule has 0 atom stereocenters. The summed E-state index contributed by atoms with van der Waals surface area (Å²) >= 11 is 0. The number of benzene rings is 1. The first-order valence-electron chi connectivity index (χ1n) is 6.70. The van der Waals surface area contributed by atoms with Crippen molar-refractivity contribution in [1.82, 2.24) is 0 Å². The molecule has 0 radical (unpaired) electrons. The largest absolute Gasteiger partial charge is 0.460 e. The van der Waals surface area contributed by atoms with Crippen LogP contribution in [0.3, 0.4) is 0 Å². The molecule has 0 bridgehead atoms. The molecule has 3 nitrogen and oxygen atoms in total. The zero-order chi connectivity index (χ0) is 12.6. The van der Waals surface area contributed by atoms with Gasteiger partial charge in [0.15, 0.2) is 0 Å². The molecule has 1 aromatic rings. The summed E-state index contributed by atoms with van der Waals surface area (Å²) in [6.45, 7) is 0.841. The summed E-state index contributed by atoms with van der Waals surface area (Å²) in [6, 6.07) is 9.04. The van der Waals surface area contributed by atoms with Crippen LogP contribution in [0.25, 0.3) is 0 Å². The third-order valence-electron chi connectivity index (χ3n) is 3.23. The molecule has 1 aromatic carbocycles. The van der Waals surface area contributed by atoms with Gasteiger partial charge in [0.1, 0.15) is 6.61 Å². The van der Waals surface area contributed by atoms with Crippen LogP contribution in [0.1, 0.15) is 42.5 Å². The summed E-state index contributed by atoms with van der Waals surface area (Å²) in [6.07, 6.45) is 6.50. The van der Waals surface area contributed by atoms with Crippen LogP contribution in [0.2, 0.25) is 0 Å². The predicted molar refractivity (Wildman–Crippen MR) is 69.5 cm³/mol. The lowest BCUT2D eigenvalue weighted by atomic mass is 9.98. The predicted octanol–water partition coefficient (Wildman–Crippen LogP) is 3.19. The summed E-state index contributed by atoms with van der Waals surface area (Å²) < 4.78 is 10.8. The zero-order valence-electron chi connectivity index (χ0n) is 10.6. The minimum atomic E-state index is -0.275. The van der Waals surface area contributed by atoms with Gasteiger partial charge >= 0.3 is 5.97 Å². The molecule has 18 heavy (non-hydrogen) atoms. The monoisotopic (exact) mass is 248 g/mol. The molecule has 0 amide bonds. The van der Waals surface area contributed by atoms with E-state index in [1.807, 2.05) is 18.2 Å². The van der Waals surface area contributed by atoms with Crippen molar-refractivity contribution >= 4 is 5.97 Å². The van der Waals surface area contributed by atoms with Crippen molar-refractivity contribution in [3.05, 3.63) is 35.9 Å². The van der Waals surface area contributed by atoms with Gasteiger partial charge < -0.3 is 9.47 Å². The van der Waals surface area contributed by atoms with Crippen molar-refractivity contribution in [3.8, 4) is 0 Å². The Bertz CT molecular complexity index is 355. The van der Waals surface area contributed by atoms with Crippen LogP contribution in [-0.4, -0.2) is 25.3 Å². The number of hydrogen-bond donors (Lipinski definition) is 0. The molecule has 0 saturated heterocycles. The van der Waals surface area contributed by atoms with E-state index >= 15 is 0 Å². The molecule has 0 N–H and O–H groups in total. The molecule has 3 heteroatoms. The van der Waals surface area contributed by atoms with Crippen LogP contribution in [-0.2, 0) is 9.47 Å². The fourth-order valence-electron chi connectivity index (χ4n) is 2.24. The third-order valence-corrected chi connectivity index (χ3v) is 3.23. The summed E-state index contributed by atoms with van der Waals surface area (Å²) in [5, 5.41) is 0. The van der Waals surface area contributed by atoms with Crippen molar-refractivity contribution in [2.45, 2.75) is 38.2 Å². The normalized spacial score (nSPS) is 16.4. The molecule has 1 aliphatic carbocycles. The lowest BCUT2D eigenvalue weighted by Gasteiger charge is -2.21. The van der Waals surface area contributed by atoms with Crippen molar-refractivity contribution in [3.63, 3.8) is 0 Å². The standard InChI is InChI=1S/C15H20O3/c16-15(13-7-3-1-4-8-13)18-12-11-17-14-9-5-2-6-10-14/h1,3-4,7-8,14H,2,5-6,9-12H2. The Morgan fingerprint density at radius 3 is 2.50 bits per heavy atom. The number of carbonyl (C=O) groups excluding carboxylic acids is 1. The highest BCUT2D eigenvalue weighted by molar-refractivity contribution is 5.89. The van der Waals surface area contributed by atoms with E-state index < -0.39 is 0 Å². The van der Waals surface area contributed by atoms with Gasteiger partial charge in [0, 0.05) is 0 Å². The van der Waals surface area contributed by atoms with E-state index in [1.54, 1.807) is 12.1 Å². The molecule has 0 aromatic heterocycles. The zero-order valence-corrected chi connectivity index (χ0v) is 10.6. The van der Waals surface area contributed by atoms with Crippen LogP contribution in [0.15, 0.2) is 30.3 Å². The second-order valence-electron chi connectivity index (χ2n) is 4.63.